The molecule has 0 aliphatic rings. The van der Waals surface area contributed by atoms with Crippen LogP contribution in [0, 0.1) is 6.92 Å². The first-order valence-electron chi connectivity index (χ1n) is 4.95. The van der Waals surface area contributed by atoms with E-state index in [4.69, 9.17) is 0 Å². The maximum absolute atomic E-state index is 9.74. The molecular formula is C12H18OS. The first kappa shape index (κ1) is 11.6. The summed E-state index contributed by atoms with van der Waals surface area (Å²) in [5.41, 5.74) is 2.54. The van der Waals surface area contributed by atoms with Gasteiger partial charge in [-0.25, -0.2) is 0 Å². The molecule has 0 saturated carbocycles. The monoisotopic (exact) mass is 210 g/mol. The molecule has 78 valence electrons. The van der Waals surface area contributed by atoms with Gasteiger partial charge in [-0.15, -0.1) is 0 Å². The molecule has 0 heterocycles. The molecule has 0 aliphatic carbocycles. The van der Waals surface area contributed by atoms with Gasteiger partial charge in [0.05, 0.1) is 6.10 Å². The maximum Gasteiger partial charge on any atom is 0.0588 e. The Morgan fingerprint density at radius 3 is 2.71 bits per heavy atom. The quantitative estimate of drug-likeness (QED) is 0.806. The predicted molar refractivity (Wildman–Crippen MR) is 63.9 cm³/mol. The van der Waals surface area contributed by atoms with E-state index in [1.165, 1.54) is 11.1 Å². The van der Waals surface area contributed by atoms with Crippen molar-refractivity contribution in [2.75, 3.05) is 12.0 Å². The lowest BCUT2D eigenvalue weighted by Crippen LogP contribution is -2.12. The van der Waals surface area contributed by atoms with Gasteiger partial charge in [0.15, 0.2) is 0 Å². The van der Waals surface area contributed by atoms with Gasteiger partial charge in [0, 0.05) is 0 Å². The van der Waals surface area contributed by atoms with Crippen LogP contribution < -0.4 is 0 Å². The summed E-state index contributed by atoms with van der Waals surface area (Å²) in [6, 6.07) is 8.25. The van der Waals surface area contributed by atoms with Crippen LogP contribution in [-0.4, -0.2) is 23.2 Å². The minimum atomic E-state index is -0.191. The Hall–Kier alpha value is -0.470. The number of aliphatic hydroxyl groups is 1. The Bertz CT molecular complexity index is 273. The van der Waals surface area contributed by atoms with Crippen LogP contribution >= 0.6 is 11.8 Å². The van der Waals surface area contributed by atoms with Crippen LogP contribution in [0.5, 0.6) is 0 Å². The van der Waals surface area contributed by atoms with Gasteiger partial charge in [-0.05, 0) is 42.9 Å². The third kappa shape index (κ3) is 3.72. The second-order valence-electron chi connectivity index (χ2n) is 3.57. The smallest absolute Gasteiger partial charge is 0.0588 e. The first-order valence-corrected chi connectivity index (χ1v) is 6.35. The maximum atomic E-state index is 9.74. The summed E-state index contributed by atoms with van der Waals surface area (Å²) in [4.78, 5) is 0. The minimum absolute atomic E-state index is 0.191. The fourth-order valence-electron chi connectivity index (χ4n) is 1.45. The van der Waals surface area contributed by atoms with E-state index in [2.05, 4.69) is 25.3 Å². The second kappa shape index (κ2) is 6.10. The summed E-state index contributed by atoms with van der Waals surface area (Å²) >= 11 is 1.78. The summed E-state index contributed by atoms with van der Waals surface area (Å²) in [7, 11) is 0. The molecule has 0 aliphatic heterocycles. The van der Waals surface area contributed by atoms with E-state index < -0.39 is 0 Å². The fourth-order valence-corrected chi connectivity index (χ4v) is 1.96. The van der Waals surface area contributed by atoms with E-state index in [9.17, 15) is 5.11 Å². The van der Waals surface area contributed by atoms with Crippen molar-refractivity contribution in [3.05, 3.63) is 35.4 Å². The molecule has 1 nitrogen and oxygen atoms in total. The summed E-state index contributed by atoms with van der Waals surface area (Å²) < 4.78 is 0. The minimum Gasteiger partial charge on any atom is -0.393 e. The van der Waals surface area contributed by atoms with E-state index in [0.717, 1.165) is 18.6 Å². The Labute approximate surface area is 90.5 Å². The van der Waals surface area contributed by atoms with Crippen LogP contribution in [-0.2, 0) is 6.42 Å². The zero-order valence-electron chi connectivity index (χ0n) is 8.86. The van der Waals surface area contributed by atoms with Crippen LogP contribution in [0.4, 0.5) is 0 Å². The molecule has 1 atom stereocenters. The van der Waals surface area contributed by atoms with Crippen LogP contribution in [0.25, 0.3) is 0 Å². The van der Waals surface area contributed by atoms with Crippen LogP contribution in [0.15, 0.2) is 24.3 Å². The van der Waals surface area contributed by atoms with Crippen LogP contribution in [0.1, 0.15) is 17.5 Å². The largest absolute Gasteiger partial charge is 0.393 e. The zero-order valence-corrected chi connectivity index (χ0v) is 9.68. The number of rotatable bonds is 5. The van der Waals surface area contributed by atoms with E-state index in [-0.39, 0.29) is 6.10 Å². The summed E-state index contributed by atoms with van der Waals surface area (Å²) in [6.07, 6.45) is 3.55. The molecule has 0 fully saturated rings. The van der Waals surface area contributed by atoms with Gasteiger partial charge in [-0.3, -0.25) is 0 Å². The van der Waals surface area contributed by atoms with Gasteiger partial charge in [-0.1, -0.05) is 24.3 Å². The van der Waals surface area contributed by atoms with Gasteiger partial charge in [0.2, 0.25) is 0 Å². The molecule has 1 rings (SSSR count). The van der Waals surface area contributed by atoms with Gasteiger partial charge in [-0.2, -0.15) is 11.8 Å². The Morgan fingerprint density at radius 2 is 2.07 bits per heavy atom. The molecule has 1 unspecified atom stereocenters. The second-order valence-corrected chi connectivity index (χ2v) is 4.55. The number of aliphatic hydroxyl groups excluding tert-OH is 1. The normalized spacial score (nSPS) is 12.8. The fraction of sp³-hybridized carbons (Fsp3) is 0.500. The lowest BCUT2D eigenvalue weighted by Gasteiger charge is -2.11. The van der Waals surface area contributed by atoms with Gasteiger partial charge < -0.3 is 5.11 Å². The third-order valence-corrected chi connectivity index (χ3v) is 3.02. The van der Waals surface area contributed by atoms with E-state index in [1.807, 2.05) is 12.1 Å². The molecule has 14 heavy (non-hydrogen) atoms. The molecule has 0 saturated heterocycles. The number of thioether (sulfide) groups is 1. The lowest BCUT2D eigenvalue weighted by molar-refractivity contribution is 0.172. The summed E-state index contributed by atoms with van der Waals surface area (Å²) in [5, 5.41) is 9.74. The number of hydrogen-bond donors (Lipinski definition) is 1. The van der Waals surface area contributed by atoms with E-state index >= 15 is 0 Å². The molecule has 0 bridgehead atoms. The Morgan fingerprint density at radius 1 is 1.36 bits per heavy atom. The zero-order chi connectivity index (χ0) is 10.4. The average molecular weight is 210 g/mol. The molecule has 1 N–H and O–H groups in total. The highest BCUT2D eigenvalue weighted by atomic mass is 32.2. The van der Waals surface area contributed by atoms with Gasteiger partial charge in [0.25, 0.3) is 0 Å². The Balaban J connectivity index is 2.47. The topological polar surface area (TPSA) is 20.2 Å². The standard InChI is InChI=1S/C12H18OS/c1-10-5-3-4-6-11(10)9-12(13)7-8-14-2/h3-6,12-13H,7-9H2,1-2H3. The highest BCUT2D eigenvalue weighted by molar-refractivity contribution is 7.98. The molecule has 0 amide bonds. The SMILES string of the molecule is CSCCC(O)Cc1ccccc1C. The van der Waals surface area contributed by atoms with Crippen molar-refractivity contribution in [3.63, 3.8) is 0 Å². The van der Waals surface area contributed by atoms with Crippen molar-refractivity contribution in [3.8, 4) is 0 Å². The van der Waals surface area contributed by atoms with Crippen molar-refractivity contribution in [2.45, 2.75) is 25.9 Å². The summed E-state index contributed by atoms with van der Waals surface area (Å²) in [6.45, 7) is 2.09. The molecule has 1 aromatic rings. The molecule has 2 heteroatoms. The van der Waals surface area contributed by atoms with Crippen LogP contribution in [0.2, 0.25) is 0 Å². The third-order valence-electron chi connectivity index (χ3n) is 2.37. The van der Waals surface area contributed by atoms with Crippen molar-refractivity contribution in [1.29, 1.82) is 0 Å². The first-order chi connectivity index (χ1) is 6.74. The average Bonchev–Trinajstić information content (AvgIpc) is 2.18. The van der Waals surface area contributed by atoms with Crippen molar-refractivity contribution >= 4 is 11.8 Å². The highest BCUT2D eigenvalue weighted by Gasteiger charge is 2.06. The number of aryl methyl sites for hydroxylation is 1. The van der Waals surface area contributed by atoms with Crippen molar-refractivity contribution in [1.82, 2.24) is 0 Å². The predicted octanol–water partition coefficient (Wildman–Crippen LogP) is 2.65. The molecular weight excluding hydrogens is 192 g/mol. The molecule has 0 radical (unpaired) electrons. The van der Waals surface area contributed by atoms with Gasteiger partial charge in [0.1, 0.15) is 0 Å². The lowest BCUT2D eigenvalue weighted by atomic mass is 10.0. The molecule has 0 aromatic heterocycles. The summed E-state index contributed by atoms with van der Waals surface area (Å²) in [5.74, 6) is 1.03. The van der Waals surface area contributed by atoms with Gasteiger partial charge >= 0.3 is 0 Å². The Kier molecular flexibility index (Phi) is 5.05. The number of hydrogen-bond acceptors (Lipinski definition) is 2. The van der Waals surface area contributed by atoms with E-state index in [1.54, 1.807) is 11.8 Å². The van der Waals surface area contributed by atoms with Crippen molar-refractivity contribution in [2.24, 2.45) is 0 Å². The van der Waals surface area contributed by atoms with E-state index in [0.29, 0.717) is 0 Å². The molecule has 1 aromatic carbocycles. The highest BCUT2D eigenvalue weighted by Crippen LogP contribution is 2.12. The van der Waals surface area contributed by atoms with Crippen LogP contribution in [0.3, 0.4) is 0 Å². The molecule has 0 spiro atoms. The number of benzene rings is 1. The van der Waals surface area contributed by atoms with Crippen molar-refractivity contribution < 1.29 is 5.11 Å².